The topological polar surface area (TPSA) is 58.6 Å². The maximum atomic E-state index is 12.0. The first-order valence-electron chi connectivity index (χ1n) is 5.34. The van der Waals surface area contributed by atoms with Gasteiger partial charge in [-0.05, 0) is 26.0 Å². The van der Waals surface area contributed by atoms with Crippen molar-refractivity contribution in [1.82, 2.24) is 4.90 Å². The number of nitrogens with zero attached hydrogens (tertiary/aromatic N) is 1. The first-order chi connectivity index (χ1) is 8.00. The van der Waals surface area contributed by atoms with Gasteiger partial charge in [0.05, 0.1) is 5.54 Å². The SMILES string of the molecule is CC1(C)COC(=O)N1C(=O)Nc1ccccc1. The Morgan fingerprint density at radius 3 is 2.53 bits per heavy atom. The Hall–Kier alpha value is -2.04. The van der Waals surface area contributed by atoms with Crippen molar-refractivity contribution in [2.24, 2.45) is 0 Å². The van der Waals surface area contributed by atoms with Gasteiger partial charge in [-0.1, -0.05) is 18.2 Å². The standard InChI is InChI=1S/C12H14N2O3/c1-12(2)8-17-11(16)14(12)10(15)13-9-6-4-3-5-7-9/h3-7H,8H2,1-2H3,(H,13,15). The quantitative estimate of drug-likeness (QED) is 0.811. The molecule has 2 rings (SSSR count). The van der Waals surface area contributed by atoms with Gasteiger partial charge >= 0.3 is 12.1 Å². The van der Waals surface area contributed by atoms with E-state index in [1.54, 1.807) is 26.0 Å². The second-order valence-electron chi connectivity index (χ2n) is 4.50. The number of imide groups is 1. The molecule has 1 aliphatic rings. The number of ether oxygens (including phenoxy) is 1. The Labute approximate surface area is 99.4 Å². The molecule has 1 N–H and O–H groups in total. The highest BCUT2D eigenvalue weighted by atomic mass is 16.6. The van der Waals surface area contributed by atoms with Crippen LogP contribution in [0, 0.1) is 0 Å². The molecule has 0 bridgehead atoms. The van der Waals surface area contributed by atoms with Crippen LogP contribution in [0.15, 0.2) is 30.3 Å². The molecular formula is C12H14N2O3. The van der Waals surface area contributed by atoms with Crippen molar-refractivity contribution in [3.63, 3.8) is 0 Å². The number of para-hydroxylation sites is 1. The number of hydrogen-bond acceptors (Lipinski definition) is 3. The largest absolute Gasteiger partial charge is 0.447 e. The van der Waals surface area contributed by atoms with E-state index in [9.17, 15) is 9.59 Å². The van der Waals surface area contributed by atoms with Crippen molar-refractivity contribution >= 4 is 17.8 Å². The minimum Gasteiger partial charge on any atom is -0.447 e. The van der Waals surface area contributed by atoms with E-state index in [1.165, 1.54) is 0 Å². The molecule has 17 heavy (non-hydrogen) atoms. The van der Waals surface area contributed by atoms with Crippen LogP contribution in [0.1, 0.15) is 13.8 Å². The van der Waals surface area contributed by atoms with Crippen LogP contribution in [-0.4, -0.2) is 29.2 Å². The Bertz CT molecular complexity index is 442. The Balaban J connectivity index is 2.13. The van der Waals surface area contributed by atoms with Crippen LogP contribution in [0.5, 0.6) is 0 Å². The third-order valence-electron chi connectivity index (χ3n) is 2.56. The molecule has 1 heterocycles. The van der Waals surface area contributed by atoms with Crippen LogP contribution in [0.2, 0.25) is 0 Å². The van der Waals surface area contributed by atoms with Gasteiger partial charge in [0, 0.05) is 5.69 Å². The fraction of sp³-hybridized carbons (Fsp3) is 0.333. The summed E-state index contributed by atoms with van der Waals surface area (Å²) in [5.41, 5.74) is 0.0312. The summed E-state index contributed by atoms with van der Waals surface area (Å²) in [7, 11) is 0. The van der Waals surface area contributed by atoms with Crippen LogP contribution in [0.4, 0.5) is 15.3 Å². The molecule has 0 saturated carbocycles. The van der Waals surface area contributed by atoms with Gasteiger partial charge in [-0.15, -0.1) is 0 Å². The molecule has 1 aromatic rings. The number of carbonyl (C=O) groups is 2. The highest BCUT2D eigenvalue weighted by Crippen LogP contribution is 2.24. The summed E-state index contributed by atoms with van der Waals surface area (Å²) in [5.74, 6) is 0. The highest BCUT2D eigenvalue weighted by Gasteiger charge is 2.44. The number of rotatable bonds is 1. The predicted molar refractivity (Wildman–Crippen MR) is 62.7 cm³/mol. The van der Waals surface area contributed by atoms with Crippen LogP contribution >= 0.6 is 0 Å². The lowest BCUT2D eigenvalue weighted by molar-refractivity contribution is 0.160. The summed E-state index contributed by atoms with van der Waals surface area (Å²) in [6.45, 7) is 3.78. The molecule has 0 radical (unpaired) electrons. The highest BCUT2D eigenvalue weighted by molar-refractivity contribution is 6.00. The van der Waals surface area contributed by atoms with Crippen LogP contribution < -0.4 is 5.32 Å². The van der Waals surface area contributed by atoms with Crippen LogP contribution in [-0.2, 0) is 4.74 Å². The van der Waals surface area contributed by atoms with E-state index in [0.29, 0.717) is 5.69 Å². The lowest BCUT2D eigenvalue weighted by Gasteiger charge is -2.25. The van der Waals surface area contributed by atoms with E-state index < -0.39 is 17.7 Å². The third kappa shape index (κ3) is 2.22. The Morgan fingerprint density at radius 1 is 1.35 bits per heavy atom. The lowest BCUT2D eigenvalue weighted by atomic mass is 10.1. The van der Waals surface area contributed by atoms with Crippen molar-refractivity contribution in [1.29, 1.82) is 0 Å². The minimum atomic E-state index is -0.615. The average molecular weight is 234 g/mol. The van der Waals surface area contributed by atoms with E-state index in [-0.39, 0.29) is 6.61 Å². The number of hydrogen-bond donors (Lipinski definition) is 1. The van der Waals surface area contributed by atoms with Crippen molar-refractivity contribution in [2.75, 3.05) is 11.9 Å². The molecule has 0 spiro atoms. The number of amides is 3. The van der Waals surface area contributed by atoms with E-state index >= 15 is 0 Å². The Kier molecular flexibility index (Phi) is 2.75. The Morgan fingerprint density at radius 2 is 2.00 bits per heavy atom. The van der Waals surface area contributed by atoms with E-state index in [4.69, 9.17) is 4.74 Å². The zero-order chi connectivity index (χ0) is 12.5. The van der Waals surface area contributed by atoms with Gasteiger partial charge < -0.3 is 10.1 Å². The van der Waals surface area contributed by atoms with Crippen LogP contribution in [0.3, 0.4) is 0 Å². The molecule has 1 fully saturated rings. The molecule has 90 valence electrons. The van der Waals surface area contributed by atoms with Gasteiger partial charge in [0.15, 0.2) is 0 Å². The molecule has 3 amide bonds. The van der Waals surface area contributed by atoms with Gasteiger partial charge in [-0.2, -0.15) is 0 Å². The van der Waals surface area contributed by atoms with Gasteiger partial charge in [0.2, 0.25) is 0 Å². The molecule has 5 nitrogen and oxygen atoms in total. The van der Waals surface area contributed by atoms with Gasteiger partial charge in [-0.3, -0.25) is 0 Å². The fourth-order valence-corrected chi connectivity index (χ4v) is 1.67. The number of carbonyl (C=O) groups excluding carboxylic acids is 2. The summed E-state index contributed by atoms with van der Waals surface area (Å²) in [6.07, 6.45) is -0.608. The van der Waals surface area contributed by atoms with E-state index in [1.807, 2.05) is 18.2 Å². The second kappa shape index (κ2) is 4.08. The second-order valence-corrected chi connectivity index (χ2v) is 4.50. The monoisotopic (exact) mass is 234 g/mol. The molecule has 0 atom stereocenters. The normalized spacial score (nSPS) is 17.8. The fourth-order valence-electron chi connectivity index (χ4n) is 1.67. The van der Waals surface area contributed by atoms with Crippen molar-refractivity contribution in [3.05, 3.63) is 30.3 Å². The predicted octanol–water partition coefficient (Wildman–Crippen LogP) is 2.45. The zero-order valence-corrected chi connectivity index (χ0v) is 9.77. The molecule has 1 aromatic carbocycles. The molecule has 0 aromatic heterocycles. The summed E-state index contributed by atoms with van der Waals surface area (Å²) >= 11 is 0. The van der Waals surface area contributed by atoms with Crippen LogP contribution in [0.25, 0.3) is 0 Å². The number of benzene rings is 1. The molecule has 0 unspecified atom stereocenters. The maximum absolute atomic E-state index is 12.0. The molecular weight excluding hydrogens is 220 g/mol. The smallest absolute Gasteiger partial charge is 0.418 e. The number of urea groups is 1. The van der Waals surface area contributed by atoms with Crippen molar-refractivity contribution in [3.8, 4) is 0 Å². The first kappa shape index (κ1) is 11.4. The summed E-state index contributed by atoms with van der Waals surface area (Å²) in [6, 6.07) is 8.51. The average Bonchev–Trinajstić information content (AvgIpc) is 2.54. The lowest BCUT2D eigenvalue weighted by Crippen LogP contribution is -2.48. The van der Waals surface area contributed by atoms with Gasteiger partial charge in [0.25, 0.3) is 0 Å². The third-order valence-corrected chi connectivity index (χ3v) is 2.56. The van der Waals surface area contributed by atoms with E-state index in [2.05, 4.69) is 5.32 Å². The summed E-state index contributed by atoms with van der Waals surface area (Å²) in [4.78, 5) is 24.5. The number of cyclic esters (lactones) is 1. The van der Waals surface area contributed by atoms with Gasteiger partial charge in [-0.25, -0.2) is 14.5 Å². The number of anilines is 1. The van der Waals surface area contributed by atoms with E-state index in [0.717, 1.165) is 4.90 Å². The molecule has 1 aliphatic heterocycles. The zero-order valence-electron chi connectivity index (χ0n) is 9.77. The molecule has 5 heteroatoms. The molecule has 0 aliphatic carbocycles. The van der Waals surface area contributed by atoms with Crippen molar-refractivity contribution < 1.29 is 14.3 Å². The maximum Gasteiger partial charge on any atom is 0.418 e. The summed E-state index contributed by atoms with van der Waals surface area (Å²) < 4.78 is 4.87. The summed E-state index contributed by atoms with van der Waals surface area (Å²) in [5, 5.41) is 2.66. The van der Waals surface area contributed by atoms with Gasteiger partial charge in [0.1, 0.15) is 6.61 Å². The van der Waals surface area contributed by atoms with Crippen molar-refractivity contribution in [2.45, 2.75) is 19.4 Å². The first-order valence-corrected chi connectivity index (χ1v) is 5.34. The number of nitrogens with one attached hydrogen (secondary N) is 1. The minimum absolute atomic E-state index is 0.216. The molecule has 1 saturated heterocycles.